The van der Waals surface area contributed by atoms with Crippen molar-refractivity contribution >= 4 is 31.8 Å². The summed E-state index contributed by atoms with van der Waals surface area (Å²) in [6.07, 6.45) is 0.346. The lowest BCUT2D eigenvalue weighted by Gasteiger charge is -2.24. The van der Waals surface area contributed by atoms with Crippen LogP contribution < -0.4 is 0 Å². The standard InChI is InChI=1S/C24H26N2O3S/c1-18-11-13-19(14-12-18)15-25(30(2,28)29)16-20(27)17-26-23-9-5-3-7-21(23)22-8-4-6-10-24(22)26/h3-14,20,27H,15-17H2,1-2H3. The Morgan fingerprint density at radius 1 is 0.900 bits per heavy atom. The van der Waals surface area contributed by atoms with Crippen molar-refractivity contribution in [1.29, 1.82) is 0 Å². The molecule has 1 unspecified atom stereocenters. The molecule has 5 nitrogen and oxygen atoms in total. The van der Waals surface area contributed by atoms with E-state index in [2.05, 4.69) is 16.7 Å². The van der Waals surface area contributed by atoms with Crippen molar-refractivity contribution in [3.63, 3.8) is 0 Å². The number of aromatic nitrogens is 1. The summed E-state index contributed by atoms with van der Waals surface area (Å²) in [5.74, 6) is 0. The Kier molecular flexibility index (Phi) is 5.64. The number of hydrogen-bond acceptors (Lipinski definition) is 3. The Balaban J connectivity index is 1.61. The lowest BCUT2D eigenvalue weighted by atomic mass is 10.1. The molecule has 6 heteroatoms. The largest absolute Gasteiger partial charge is 0.390 e. The van der Waals surface area contributed by atoms with Gasteiger partial charge in [-0.15, -0.1) is 0 Å². The lowest BCUT2D eigenvalue weighted by Crippen LogP contribution is -2.38. The first-order valence-corrected chi connectivity index (χ1v) is 11.8. The highest BCUT2D eigenvalue weighted by molar-refractivity contribution is 7.88. The summed E-state index contributed by atoms with van der Waals surface area (Å²) in [5, 5.41) is 13.1. The van der Waals surface area contributed by atoms with Gasteiger partial charge < -0.3 is 9.67 Å². The first kappa shape index (κ1) is 20.6. The predicted octanol–water partition coefficient (Wildman–Crippen LogP) is 3.93. The van der Waals surface area contributed by atoms with Crippen LogP contribution in [0.15, 0.2) is 72.8 Å². The first-order valence-electron chi connectivity index (χ1n) is 9.97. The van der Waals surface area contributed by atoms with Crippen molar-refractivity contribution < 1.29 is 13.5 Å². The molecule has 0 saturated heterocycles. The number of nitrogens with zero attached hydrogens (tertiary/aromatic N) is 2. The lowest BCUT2D eigenvalue weighted by molar-refractivity contribution is 0.129. The summed E-state index contributed by atoms with van der Waals surface area (Å²) in [6, 6.07) is 23.9. The topological polar surface area (TPSA) is 62.5 Å². The number of aliphatic hydroxyl groups excluding tert-OH is 1. The highest BCUT2D eigenvalue weighted by Gasteiger charge is 2.22. The van der Waals surface area contributed by atoms with Gasteiger partial charge in [-0.3, -0.25) is 0 Å². The van der Waals surface area contributed by atoms with Gasteiger partial charge in [0.1, 0.15) is 0 Å². The highest BCUT2D eigenvalue weighted by Crippen LogP contribution is 2.29. The molecule has 0 radical (unpaired) electrons. The van der Waals surface area contributed by atoms with E-state index in [4.69, 9.17) is 0 Å². The molecule has 0 saturated carbocycles. The molecule has 1 aromatic heterocycles. The van der Waals surface area contributed by atoms with Gasteiger partial charge >= 0.3 is 0 Å². The van der Waals surface area contributed by atoms with Crippen LogP contribution in [0.5, 0.6) is 0 Å². The van der Waals surface area contributed by atoms with E-state index in [0.717, 1.165) is 32.9 Å². The molecule has 0 bridgehead atoms. The number of para-hydroxylation sites is 2. The normalized spacial score (nSPS) is 13.3. The maximum Gasteiger partial charge on any atom is 0.211 e. The van der Waals surface area contributed by atoms with Crippen LogP contribution in [-0.4, -0.2) is 41.3 Å². The molecule has 4 rings (SSSR count). The number of sulfonamides is 1. The van der Waals surface area contributed by atoms with E-state index in [1.165, 1.54) is 10.6 Å². The molecule has 4 aromatic rings. The third kappa shape index (κ3) is 4.26. The summed E-state index contributed by atoms with van der Waals surface area (Å²) in [4.78, 5) is 0. The summed E-state index contributed by atoms with van der Waals surface area (Å²) in [6.45, 7) is 2.58. The smallest absolute Gasteiger partial charge is 0.211 e. The third-order valence-electron chi connectivity index (χ3n) is 5.44. The van der Waals surface area contributed by atoms with Gasteiger partial charge in [-0.25, -0.2) is 8.42 Å². The SMILES string of the molecule is Cc1ccc(CN(CC(O)Cn2c3ccccc3c3ccccc32)S(C)(=O)=O)cc1. The van der Waals surface area contributed by atoms with Crippen LogP contribution >= 0.6 is 0 Å². The zero-order valence-electron chi connectivity index (χ0n) is 17.2. The summed E-state index contributed by atoms with van der Waals surface area (Å²) in [5.41, 5.74) is 4.08. The number of benzene rings is 3. The van der Waals surface area contributed by atoms with Crippen molar-refractivity contribution in [2.45, 2.75) is 26.1 Å². The molecule has 0 aliphatic carbocycles. The summed E-state index contributed by atoms with van der Waals surface area (Å²) >= 11 is 0. The number of aliphatic hydroxyl groups is 1. The molecule has 0 spiro atoms. The van der Waals surface area contributed by atoms with E-state index < -0.39 is 16.1 Å². The monoisotopic (exact) mass is 422 g/mol. The van der Waals surface area contributed by atoms with Crippen molar-refractivity contribution in [3.05, 3.63) is 83.9 Å². The molecular formula is C24H26N2O3S. The van der Waals surface area contributed by atoms with Crippen molar-refractivity contribution in [2.75, 3.05) is 12.8 Å². The number of fused-ring (bicyclic) bond motifs is 3. The van der Waals surface area contributed by atoms with Crippen LogP contribution in [-0.2, 0) is 23.1 Å². The molecule has 3 aromatic carbocycles. The van der Waals surface area contributed by atoms with Crippen molar-refractivity contribution in [1.82, 2.24) is 8.87 Å². The van der Waals surface area contributed by atoms with Gasteiger partial charge in [0, 0.05) is 34.9 Å². The number of hydrogen-bond donors (Lipinski definition) is 1. The Morgan fingerprint density at radius 3 is 1.97 bits per heavy atom. The van der Waals surface area contributed by atoms with Gasteiger partial charge in [0.2, 0.25) is 10.0 Å². The zero-order chi connectivity index (χ0) is 21.3. The minimum Gasteiger partial charge on any atom is -0.390 e. The fraction of sp³-hybridized carbons (Fsp3) is 0.250. The van der Waals surface area contributed by atoms with Crippen LogP contribution in [0, 0.1) is 6.92 Å². The average molecular weight is 423 g/mol. The molecule has 30 heavy (non-hydrogen) atoms. The van der Waals surface area contributed by atoms with E-state index in [1.807, 2.05) is 67.6 Å². The van der Waals surface area contributed by atoms with Gasteiger partial charge in [0.25, 0.3) is 0 Å². The number of rotatable bonds is 7. The molecule has 0 amide bonds. The van der Waals surface area contributed by atoms with Crippen LogP contribution in [0.3, 0.4) is 0 Å². The van der Waals surface area contributed by atoms with Gasteiger partial charge in [0.15, 0.2) is 0 Å². The molecular weight excluding hydrogens is 396 g/mol. The van der Waals surface area contributed by atoms with Crippen LogP contribution in [0.4, 0.5) is 0 Å². The van der Waals surface area contributed by atoms with Gasteiger partial charge in [-0.05, 0) is 24.6 Å². The fourth-order valence-electron chi connectivity index (χ4n) is 3.92. The van der Waals surface area contributed by atoms with E-state index in [1.54, 1.807) is 0 Å². The highest BCUT2D eigenvalue weighted by atomic mass is 32.2. The van der Waals surface area contributed by atoms with E-state index >= 15 is 0 Å². The molecule has 0 aliphatic heterocycles. The second kappa shape index (κ2) is 8.22. The van der Waals surface area contributed by atoms with Gasteiger partial charge in [-0.1, -0.05) is 66.2 Å². The molecule has 1 N–H and O–H groups in total. The first-order chi connectivity index (χ1) is 14.3. The molecule has 1 atom stereocenters. The van der Waals surface area contributed by atoms with E-state index in [0.29, 0.717) is 6.54 Å². The third-order valence-corrected chi connectivity index (χ3v) is 6.65. The van der Waals surface area contributed by atoms with E-state index in [-0.39, 0.29) is 13.1 Å². The Morgan fingerprint density at radius 2 is 1.43 bits per heavy atom. The van der Waals surface area contributed by atoms with Crippen LogP contribution in [0.2, 0.25) is 0 Å². The van der Waals surface area contributed by atoms with Crippen molar-refractivity contribution in [3.8, 4) is 0 Å². The van der Waals surface area contributed by atoms with Gasteiger partial charge in [-0.2, -0.15) is 4.31 Å². The second-order valence-electron chi connectivity index (χ2n) is 7.84. The summed E-state index contributed by atoms with van der Waals surface area (Å²) in [7, 11) is -3.47. The molecule has 0 aliphatic rings. The maximum atomic E-state index is 12.4. The Labute approximate surface area is 177 Å². The van der Waals surface area contributed by atoms with Crippen LogP contribution in [0.1, 0.15) is 11.1 Å². The molecule has 156 valence electrons. The Hall–Kier alpha value is -2.67. The maximum absolute atomic E-state index is 12.4. The quantitative estimate of drug-likeness (QED) is 0.491. The van der Waals surface area contributed by atoms with E-state index in [9.17, 15) is 13.5 Å². The summed E-state index contributed by atoms with van der Waals surface area (Å²) < 4.78 is 28.2. The minimum atomic E-state index is -3.47. The second-order valence-corrected chi connectivity index (χ2v) is 9.82. The fourth-order valence-corrected chi connectivity index (χ4v) is 4.74. The van der Waals surface area contributed by atoms with Gasteiger partial charge in [0.05, 0.1) is 18.9 Å². The Bertz CT molecular complexity index is 1220. The number of aryl methyl sites for hydroxylation is 1. The zero-order valence-corrected chi connectivity index (χ0v) is 18.0. The predicted molar refractivity (Wildman–Crippen MR) is 122 cm³/mol. The van der Waals surface area contributed by atoms with Crippen molar-refractivity contribution in [2.24, 2.45) is 0 Å². The average Bonchev–Trinajstić information content (AvgIpc) is 3.03. The molecule has 1 heterocycles. The molecule has 0 fully saturated rings. The minimum absolute atomic E-state index is 0.0353. The van der Waals surface area contributed by atoms with Crippen LogP contribution in [0.25, 0.3) is 21.8 Å².